The van der Waals surface area contributed by atoms with Crippen LogP contribution in [0.3, 0.4) is 0 Å². The number of carbonyl (C=O) groups is 1. The number of alkyl carbamates (subject to hydrolysis) is 1. The van der Waals surface area contributed by atoms with Gasteiger partial charge in [0.1, 0.15) is 23.0 Å². The van der Waals surface area contributed by atoms with Gasteiger partial charge in [-0.25, -0.2) is 13.6 Å². The minimum Gasteiger partial charge on any atom is -0.493 e. The third kappa shape index (κ3) is 11.4. The highest BCUT2D eigenvalue weighted by Crippen LogP contribution is 2.31. The fourth-order valence-corrected chi connectivity index (χ4v) is 3.30. The number of benzene rings is 2. The molecule has 0 fully saturated rings. The lowest BCUT2D eigenvalue weighted by atomic mass is 10.0. The van der Waals surface area contributed by atoms with Gasteiger partial charge in [0.05, 0.1) is 6.61 Å². The summed E-state index contributed by atoms with van der Waals surface area (Å²) in [4.78, 5) is 11.7. The highest BCUT2D eigenvalue weighted by atomic mass is 19.1. The molecular formula is C26H38F2N2O4. The first-order valence-corrected chi connectivity index (χ1v) is 11.4. The van der Waals surface area contributed by atoms with Crippen LogP contribution in [-0.2, 0) is 4.74 Å². The summed E-state index contributed by atoms with van der Waals surface area (Å²) >= 11 is 0. The minimum absolute atomic E-state index is 0.0624. The molecule has 0 aliphatic carbocycles. The highest BCUT2D eigenvalue weighted by Gasteiger charge is 2.21. The minimum atomic E-state index is -0.521. The number of nitrogens with one attached hydrogen (secondary N) is 2. The molecule has 1 heterocycles. The third-order valence-electron chi connectivity index (χ3n) is 4.70. The van der Waals surface area contributed by atoms with Crippen molar-refractivity contribution in [3.05, 3.63) is 65.2 Å². The Kier molecular flexibility index (Phi) is 12.5. The van der Waals surface area contributed by atoms with E-state index in [0.717, 1.165) is 44.9 Å². The predicted molar refractivity (Wildman–Crippen MR) is 130 cm³/mol. The number of rotatable bonds is 5. The van der Waals surface area contributed by atoms with Crippen molar-refractivity contribution in [1.82, 2.24) is 10.6 Å². The summed E-state index contributed by atoms with van der Waals surface area (Å²) in [7, 11) is 1.00. The number of fused-ring (bicyclic) bond motifs is 1. The van der Waals surface area contributed by atoms with Crippen LogP contribution in [0.15, 0.2) is 42.5 Å². The average molecular weight is 481 g/mol. The summed E-state index contributed by atoms with van der Waals surface area (Å²) in [5.74, 6) is -0.0730. The first-order chi connectivity index (χ1) is 16.0. The van der Waals surface area contributed by atoms with Gasteiger partial charge in [0.25, 0.3) is 0 Å². The van der Waals surface area contributed by atoms with Gasteiger partial charge >= 0.3 is 6.09 Å². The summed E-state index contributed by atoms with van der Waals surface area (Å²) in [6.07, 6.45) is 1.45. The van der Waals surface area contributed by atoms with Crippen LogP contribution in [0.4, 0.5) is 13.6 Å². The standard InChI is InChI=1S/C18H28N2O3.C7H6F2.CH4O/c1-13(20-17(21)23-18(2,3)4)9-11-19-15-10-12-22-16-8-6-5-7-14(15)16;1-5-2-6(8)4-7(9)3-5;1-2/h5-8,13,15,19H,9-12H2,1-4H3,(H,20,21);2-4H,1H3;2H,1H3. The van der Waals surface area contributed by atoms with Crippen molar-refractivity contribution in [3.8, 4) is 5.75 Å². The molecular weight excluding hydrogens is 442 g/mol. The number of para-hydroxylation sites is 1. The zero-order valence-electron chi connectivity index (χ0n) is 21.0. The molecule has 2 aromatic carbocycles. The Morgan fingerprint density at radius 2 is 1.79 bits per heavy atom. The van der Waals surface area contributed by atoms with Crippen molar-refractivity contribution in [2.45, 2.75) is 65.1 Å². The summed E-state index contributed by atoms with van der Waals surface area (Å²) in [5.41, 5.74) is 1.35. The van der Waals surface area contributed by atoms with E-state index < -0.39 is 17.2 Å². The third-order valence-corrected chi connectivity index (χ3v) is 4.70. The molecule has 0 radical (unpaired) electrons. The molecule has 0 aromatic heterocycles. The van der Waals surface area contributed by atoms with Gasteiger partial charge in [-0.05, 0) is 71.3 Å². The van der Waals surface area contributed by atoms with Crippen LogP contribution in [0.2, 0.25) is 0 Å². The molecule has 0 saturated heterocycles. The van der Waals surface area contributed by atoms with E-state index in [1.54, 1.807) is 6.92 Å². The van der Waals surface area contributed by atoms with Gasteiger partial charge in [0.15, 0.2) is 0 Å². The van der Waals surface area contributed by atoms with Crippen molar-refractivity contribution < 1.29 is 28.2 Å². The molecule has 2 unspecified atom stereocenters. The van der Waals surface area contributed by atoms with Crippen LogP contribution in [0, 0.1) is 18.6 Å². The van der Waals surface area contributed by atoms with E-state index >= 15 is 0 Å². The smallest absolute Gasteiger partial charge is 0.407 e. The van der Waals surface area contributed by atoms with Crippen LogP contribution >= 0.6 is 0 Å². The van der Waals surface area contributed by atoms with Gasteiger partial charge < -0.3 is 25.2 Å². The number of halogens is 2. The number of hydrogen-bond donors (Lipinski definition) is 3. The van der Waals surface area contributed by atoms with Crippen LogP contribution in [0.5, 0.6) is 5.75 Å². The second-order valence-corrected chi connectivity index (χ2v) is 8.96. The summed E-state index contributed by atoms with van der Waals surface area (Å²) < 4.78 is 35.3. The fraction of sp³-hybridized carbons (Fsp3) is 0.500. The van der Waals surface area contributed by atoms with E-state index in [0.29, 0.717) is 11.6 Å². The molecule has 34 heavy (non-hydrogen) atoms. The van der Waals surface area contributed by atoms with E-state index in [4.69, 9.17) is 14.6 Å². The quantitative estimate of drug-likeness (QED) is 0.542. The first kappa shape index (κ1) is 29.3. The van der Waals surface area contributed by atoms with E-state index in [1.807, 2.05) is 45.9 Å². The Morgan fingerprint density at radius 1 is 1.18 bits per heavy atom. The van der Waals surface area contributed by atoms with Gasteiger partial charge in [-0.2, -0.15) is 0 Å². The number of aliphatic hydroxyl groups is 1. The van der Waals surface area contributed by atoms with Crippen molar-refractivity contribution >= 4 is 6.09 Å². The normalized spacial score (nSPS) is 15.3. The molecule has 8 heteroatoms. The molecule has 3 N–H and O–H groups in total. The molecule has 0 spiro atoms. The van der Waals surface area contributed by atoms with E-state index in [1.165, 1.54) is 17.7 Å². The Bertz CT molecular complexity index is 837. The summed E-state index contributed by atoms with van der Waals surface area (Å²) in [6, 6.07) is 11.9. The number of carbonyl (C=O) groups excluding carboxylic acids is 1. The lowest BCUT2D eigenvalue weighted by Crippen LogP contribution is -2.39. The predicted octanol–water partition coefficient (Wildman–Crippen LogP) is 5.28. The zero-order valence-corrected chi connectivity index (χ0v) is 21.0. The van der Waals surface area contributed by atoms with E-state index in [-0.39, 0.29) is 12.1 Å². The molecule has 2 atom stereocenters. The average Bonchev–Trinajstić information content (AvgIpc) is 2.73. The molecule has 1 aliphatic heterocycles. The largest absolute Gasteiger partial charge is 0.493 e. The van der Waals surface area contributed by atoms with Crippen molar-refractivity contribution in [2.75, 3.05) is 20.3 Å². The Balaban J connectivity index is 0.000000437. The second-order valence-electron chi connectivity index (χ2n) is 8.96. The van der Waals surface area contributed by atoms with Gasteiger partial charge in [-0.15, -0.1) is 0 Å². The fourth-order valence-electron chi connectivity index (χ4n) is 3.30. The molecule has 3 rings (SSSR count). The first-order valence-electron chi connectivity index (χ1n) is 11.4. The molecule has 1 aliphatic rings. The molecule has 190 valence electrons. The van der Waals surface area contributed by atoms with E-state index in [9.17, 15) is 13.6 Å². The monoisotopic (exact) mass is 480 g/mol. The maximum Gasteiger partial charge on any atom is 0.407 e. The Hall–Kier alpha value is -2.71. The van der Waals surface area contributed by atoms with Crippen molar-refractivity contribution in [3.63, 3.8) is 0 Å². The number of ether oxygens (including phenoxy) is 2. The van der Waals surface area contributed by atoms with Crippen LogP contribution in [0.1, 0.15) is 57.7 Å². The van der Waals surface area contributed by atoms with Crippen LogP contribution in [-0.4, -0.2) is 43.1 Å². The van der Waals surface area contributed by atoms with E-state index in [2.05, 4.69) is 16.7 Å². The number of amides is 1. The van der Waals surface area contributed by atoms with Gasteiger partial charge in [-0.3, -0.25) is 0 Å². The summed E-state index contributed by atoms with van der Waals surface area (Å²) in [6.45, 7) is 10.8. The number of hydrogen-bond acceptors (Lipinski definition) is 5. The number of aliphatic hydroxyl groups excluding tert-OH is 1. The Morgan fingerprint density at radius 3 is 2.38 bits per heavy atom. The second kappa shape index (κ2) is 14.5. The van der Waals surface area contributed by atoms with Gasteiger partial charge in [-0.1, -0.05) is 18.2 Å². The Labute approximate surface area is 201 Å². The summed E-state index contributed by atoms with van der Waals surface area (Å²) in [5, 5.41) is 13.4. The molecule has 0 saturated carbocycles. The topological polar surface area (TPSA) is 79.8 Å². The van der Waals surface area contributed by atoms with Crippen LogP contribution in [0.25, 0.3) is 0 Å². The molecule has 0 bridgehead atoms. The SMILES string of the molecule is CC(CCNC1CCOc2ccccc21)NC(=O)OC(C)(C)C.CO.Cc1cc(F)cc(F)c1. The van der Waals surface area contributed by atoms with Crippen molar-refractivity contribution in [2.24, 2.45) is 0 Å². The molecule has 2 aromatic rings. The van der Waals surface area contributed by atoms with Crippen LogP contribution < -0.4 is 15.4 Å². The lowest BCUT2D eigenvalue weighted by Gasteiger charge is -2.27. The van der Waals surface area contributed by atoms with Gasteiger partial charge in [0, 0.05) is 37.2 Å². The van der Waals surface area contributed by atoms with Gasteiger partial charge in [0.2, 0.25) is 0 Å². The molecule has 6 nitrogen and oxygen atoms in total. The zero-order chi connectivity index (χ0) is 25.7. The number of aryl methyl sites for hydroxylation is 1. The lowest BCUT2D eigenvalue weighted by molar-refractivity contribution is 0.0506. The van der Waals surface area contributed by atoms with Crippen molar-refractivity contribution in [1.29, 1.82) is 0 Å². The maximum atomic E-state index is 12.2. The maximum absolute atomic E-state index is 12.2. The highest BCUT2D eigenvalue weighted by molar-refractivity contribution is 5.68. The molecule has 1 amide bonds.